The number of hydrogen-bond donors (Lipinski definition) is 0. The number of nitrogens with zero attached hydrogens (tertiary/aromatic N) is 3. The monoisotopic (exact) mass is 395 g/mol. The highest BCUT2D eigenvalue weighted by Crippen LogP contribution is 2.33. The van der Waals surface area contributed by atoms with E-state index in [0.717, 1.165) is 0 Å². The molecule has 0 bridgehead atoms. The molecule has 1 aliphatic heterocycles. The second-order valence-electron chi connectivity index (χ2n) is 6.98. The fraction of sp³-hybridized carbons (Fsp3) is 0.688. The van der Waals surface area contributed by atoms with Crippen molar-refractivity contribution in [3.8, 4) is 0 Å². The highest BCUT2D eigenvalue weighted by atomic mass is 32.2. The minimum absolute atomic E-state index is 0.0876. The average Bonchev–Trinajstić information content (AvgIpc) is 3.40. The number of anilines is 1. The zero-order valence-electron chi connectivity index (χ0n) is 14.3. The minimum atomic E-state index is -4.63. The maximum absolute atomic E-state index is 14.0. The van der Waals surface area contributed by atoms with E-state index in [1.54, 1.807) is 11.9 Å². The molecule has 3 rings (SSSR count). The first-order chi connectivity index (χ1) is 12.1. The molecule has 26 heavy (non-hydrogen) atoms. The van der Waals surface area contributed by atoms with E-state index < -0.39 is 27.6 Å². The quantitative estimate of drug-likeness (QED) is 0.720. The topological polar surface area (TPSA) is 53.5 Å². The predicted molar refractivity (Wildman–Crippen MR) is 88.7 cm³/mol. The van der Waals surface area contributed by atoms with Crippen LogP contribution in [0.15, 0.2) is 12.3 Å². The standard InChI is InChI=1S/C16H21F4N3O2S/c1-22(26(24,25)13-2-3-13)10-11-4-6-23(7-5-11)15-14(17)8-12(9-21-15)16(18,19)20/h8-9,11,13H,2-7,10H2,1H3. The number of rotatable bonds is 5. The lowest BCUT2D eigenvalue weighted by Crippen LogP contribution is -2.40. The van der Waals surface area contributed by atoms with E-state index in [9.17, 15) is 26.0 Å². The van der Waals surface area contributed by atoms with Crippen LogP contribution in [0, 0.1) is 11.7 Å². The van der Waals surface area contributed by atoms with Crippen LogP contribution in [0.2, 0.25) is 0 Å². The number of hydrogen-bond acceptors (Lipinski definition) is 4. The van der Waals surface area contributed by atoms with Crippen molar-refractivity contribution >= 4 is 15.8 Å². The molecule has 0 N–H and O–H groups in total. The average molecular weight is 395 g/mol. The molecular weight excluding hydrogens is 374 g/mol. The van der Waals surface area contributed by atoms with E-state index >= 15 is 0 Å². The van der Waals surface area contributed by atoms with Crippen molar-refractivity contribution in [1.29, 1.82) is 0 Å². The van der Waals surface area contributed by atoms with Gasteiger partial charge < -0.3 is 4.90 Å². The van der Waals surface area contributed by atoms with Gasteiger partial charge in [0.25, 0.3) is 0 Å². The number of halogens is 4. The van der Waals surface area contributed by atoms with E-state index in [4.69, 9.17) is 0 Å². The van der Waals surface area contributed by atoms with Crippen molar-refractivity contribution in [1.82, 2.24) is 9.29 Å². The van der Waals surface area contributed by atoms with E-state index in [1.165, 1.54) is 4.31 Å². The van der Waals surface area contributed by atoms with Crippen LogP contribution in [-0.2, 0) is 16.2 Å². The first kappa shape index (κ1) is 19.3. The fourth-order valence-corrected chi connectivity index (χ4v) is 4.89. The summed E-state index contributed by atoms with van der Waals surface area (Å²) in [4.78, 5) is 5.26. The van der Waals surface area contributed by atoms with Crippen molar-refractivity contribution in [2.75, 3.05) is 31.6 Å². The summed E-state index contributed by atoms with van der Waals surface area (Å²) >= 11 is 0. The molecular formula is C16H21F4N3O2S. The largest absolute Gasteiger partial charge is 0.417 e. The number of aromatic nitrogens is 1. The Morgan fingerprint density at radius 2 is 1.85 bits per heavy atom. The molecule has 0 atom stereocenters. The van der Waals surface area contributed by atoms with Gasteiger partial charge in [-0.1, -0.05) is 0 Å². The molecule has 0 spiro atoms. The lowest BCUT2D eigenvalue weighted by Gasteiger charge is -2.34. The summed E-state index contributed by atoms with van der Waals surface area (Å²) in [7, 11) is -1.64. The Hall–Kier alpha value is -1.42. The SMILES string of the molecule is CN(CC1CCN(c2ncc(C(F)(F)F)cc2F)CC1)S(=O)(=O)C1CC1. The van der Waals surface area contributed by atoms with Crippen LogP contribution in [0.3, 0.4) is 0 Å². The van der Waals surface area contributed by atoms with Gasteiger partial charge >= 0.3 is 6.18 Å². The van der Waals surface area contributed by atoms with Crippen LogP contribution < -0.4 is 4.90 Å². The molecule has 146 valence electrons. The van der Waals surface area contributed by atoms with Gasteiger partial charge in [0.1, 0.15) is 0 Å². The van der Waals surface area contributed by atoms with Crippen LogP contribution in [0.5, 0.6) is 0 Å². The molecule has 0 amide bonds. The minimum Gasteiger partial charge on any atom is -0.354 e. The molecule has 2 heterocycles. The van der Waals surface area contributed by atoms with Crippen LogP contribution in [0.1, 0.15) is 31.2 Å². The second-order valence-corrected chi connectivity index (χ2v) is 9.30. The first-order valence-corrected chi connectivity index (χ1v) is 10.0. The summed E-state index contributed by atoms with van der Waals surface area (Å²) in [6.07, 6.45) is -1.30. The van der Waals surface area contributed by atoms with Crippen molar-refractivity contribution in [3.63, 3.8) is 0 Å². The first-order valence-electron chi connectivity index (χ1n) is 8.52. The lowest BCUT2D eigenvalue weighted by molar-refractivity contribution is -0.138. The summed E-state index contributed by atoms with van der Waals surface area (Å²) in [6.45, 7) is 1.27. The van der Waals surface area contributed by atoms with Gasteiger partial charge in [-0.05, 0) is 37.7 Å². The van der Waals surface area contributed by atoms with E-state index in [0.29, 0.717) is 57.6 Å². The molecule has 1 aliphatic carbocycles. The van der Waals surface area contributed by atoms with E-state index in [-0.39, 0.29) is 17.0 Å². The third kappa shape index (κ3) is 4.11. The van der Waals surface area contributed by atoms with E-state index in [2.05, 4.69) is 4.98 Å². The molecule has 10 heteroatoms. The van der Waals surface area contributed by atoms with Gasteiger partial charge in [0, 0.05) is 32.9 Å². The summed E-state index contributed by atoms with van der Waals surface area (Å²) in [5.41, 5.74) is -1.11. The summed E-state index contributed by atoms with van der Waals surface area (Å²) in [6, 6.07) is 0.463. The van der Waals surface area contributed by atoms with Gasteiger partial charge in [-0.25, -0.2) is 22.1 Å². The Morgan fingerprint density at radius 3 is 2.35 bits per heavy atom. The molecule has 0 radical (unpaired) electrons. The summed E-state index contributed by atoms with van der Waals surface area (Å²) < 4.78 is 77.6. The van der Waals surface area contributed by atoms with Crippen molar-refractivity contribution in [2.45, 2.75) is 37.1 Å². The Bertz CT molecular complexity index is 757. The normalized spacial score (nSPS) is 20.0. The number of alkyl halides is 3. The Kier molecular flexibility index (Phi) is 5.17. The summed E-state index contributed by atoms with van der Waals surface area (Å²) in [5.74, 6) is -0.940. The molecule has 1 saturated carbocycles. The van der Waals surface area contributed by atoms with Crippen LogP contribution >= 0.6 is 0 Å². The molecule has 2 fully saturated rings. The van der Waals surface area contributed by atoms with Crippen LogP contribution in [0.4, 0.5) is 23.4 Å². The van der Waals surface area contributed by atoms with Gasteiger partial charge in [0.2, 0.25) is 10.0 Å². The molecule has 1 saturated heterocycles. The van der Waals surface area contributed by atoms with Gasteiger partial charge in [-0.15, -0.1) is 0 Å². The summed E-state index contributed by atoms with van der Waals surface area (Å²) in [5, 5.41) is -0.252. The van der Waals surface area contributed by atoms with E-state index in [1.807, 2.05) is 0 Å². The second kappa shape index (κ2) is 6.95. The molecule has 2 aliphatic rings. The zero-order valence-corrected chi connectivity index (χ0v) is 15.2. The lowest BCUT2D eigenvalue weighted by atomic mass is 9.97. The van der Waals surface area contributed by atoms with Crippen LogP contribution in [-0.4, -0.2) is 49.6 Å². The fourth-order valence-electron chi connectivity index (χ4n) is 3.23. The maximum Gasteiger partial charge on any atom is 0.417 e. The molecule has 0 aromatic carbocycles. The zero-order chi connectivity index (χ0) is 19.1. The number of sulfonamides is 1. The third-order valence-electron chi connectivity index (χ3n) is 4.96. The molecule has 1 aromatic heterocycles. The highest BCUT2D eigenvalue weighted by molar-refractivity contribution is 7.90. The van der Waals surface area contributed by atoms with Gasteiger partial charge in [0.05, 0.1) is 10.8 Å². The Labute approximate surface area is 150 Å². The van der Waals surface area contributed by atoms with Gasteiger partial charge in [-0.2, -0.15) is 13.2 Å². The molecule has 0 unspecified atom stereocenters. The highest BCUT2D eigenvalue weighted by Gasteiger charge is 2.39. The van der Waals surface area contributed by atoms with Gasteiger partial charge in [0.15, 0.2) is 11.6 Å². The van der Waals surface area contributed by atoms with Gasteiger partial charge in [-0.3, -0.25) is 0 Å². The Balaban J connectivity index is 1.58. The predicted octanol–water partition coefficient (Wildman–Crippen LogP) is 2.88. The third-order valence-corrected chi connectivity index (χ3v) is 7.29. The smallest absolute Gasteiger partial charge is 0.354 e. The molecule has 1 aromatic rings. The van der Waals surface area contributed by atoms with Crippen molar-refractivity contribution in [3.05, 3.63) is 23.6 Å². The van der Waals surface area contributed by atoms with Crippen LogP contribution in [0.25, 0.3) is 0 Å². The molecule has 5 nitrogen and oxygen atoms in total. The van der Waals surface area contributed by atoms with Crippen molar-refractivity contribution < 1.29 is 26.0 Å². The van der Waals surface area contributed by atoms with Crippen molar-refractivity contribution in [2.24, 2.45) is 5.92 Å². The Morgan fingerprint density at radius 1 is 1.23 bits per heavy atom. The maximum atomic E-state index is 14.0. The number of piperidine rings is 1. The number of pyridine rings is 1.